The van der Waals surface area contributed by atoms with Gasteiger partial charge in [-0.05, 0) is 32.2 Å². The molecule has 1 aliphatic carbocycles. The third-order valence-electron chi connectivity index (χ3n) is 3.27. The largest absolute Gasteiger partial charge is 0.480 e. The fourth-order valence-corrected chi connectivity index (χ4v) is 3.66. The van der Waals surface area contributed by atoms with Gasteiger partial charge in [0.2, 0.25) is 0 Å². The third-order valence-corrected chi connectivity index (χ3v) is 4.67. The first-order valence-electron chi connectivity index (χ1n) is 6.29. The van der Waals surface area contributed by atoms with Crippen molar-refractivity contribution in [1.29, 1.82) is 0 Å². The molecule has 1 fully saturated rings. The topological polar surface area (TPSA) is 69.6 Å². The molecular formula is C12H23NO3S. The maximum absolute atomic E-state index is 11.4. The zero-order chi connectivity index (χ0) is 12.9. The molecule has 0 bridgehead atoms. The number of thioether (sulfide) groups is 1. The number of carboxylic acids is 1. The van der Waals surface area contributed by atoms with E-state index in [4.69, 9.17) is 5.11 Å². The van der Waals surface area contributed by atoms with Gasteiger partial charge in [-0.2, -0.15) is 11.8 Å². The number of carboxylic acid groups (broad SMARTS) is 1. The van der Waals surface area contributed by atoms with Crippen molar-refractivity contribution in [3.8, 4) is 0 Å². The van der Waals surface area contributed by atoms with Gasteiger partial charge in [0, 0.05) is 10.5 Å². The standard InChI is InChI=1S/C12H23NO3S/c1-3-6-13-12(11(15)16)5-4-10(7-12)17-9(2)8-14/h9-10,13-14H,3-8H2,1-2H3,(H,15,16). The van der Waals surface area contributed by atoms with E-state index in [0.29, 0.717) is 18.1 Å². The highest BCUT2D eigenvalue weighted by atomic mass is 32.2. The quantitative estimate of drug-likeness (QED) is 0.647. The van der Waals surface area contributed by atoms with Crippen molar-refractivity contribution in [2.45, 2.75) is 55.6 Å². The van der Waals surface area contributed by atoms with Gasteiger partial charge in [-0.15, -0.1) is 0 Å². The van der Waals surface area contributed by atoms with Gasteiger partial charge in [0.15, 0.2) is 0 Å². The predicted molar refractivity (Wildman–Crippen MR) is 70.4 cm³/mol. The van der Waals surface area contributed by atoms with E-state index >= 15 is 0 Å². The fourth-order valence-electron chi connectivity index (χ4n) is 2.28. The molecule has 0 saturated heterocycles. The summed E-state index contributed by atoms with van der Waals surface area (Å²) in [5.74, 6) is -0.731. The van der Waals surface area contributed by atoms with Gasteiger partial charge < -0.3 is 15.5 Å². The Morgan fingerprint density at radius 1 is 1.65 bits per heavy atom. The van der Waals surface area contributed by atoms with Crippen molar-refractivity contribution in [3.05, 3.63) is 0 Å². The molecule has 0 radical (unpaired) electrons. The molecule has 1 rings (SSSR count). The van der Waals surface area contributed by atoms with Crippen LogP contribution in [0.3, 0.4) is 0 Å². The molecule has 1 aliphatic rings. The van der Waals surface area contributed by atoms with E-state index in [0.717, 1.165) is 19.4 Å². The third kappa shape index (κ3) is 3.86. The lowest BCUT2D eigenvalue weighted by molar-refractivity contribution is -0.144. The molecule has 0 amide bonds. The Balaban J connectivity index is 2.55. The number of rotatable bonds is 7. The molecule has 0 heterocycles. The monoisotopic (exact) mass is 261 g/mol. The number of aliphatic carboxylic acids is 1. The van der Waals surface area contributed by atoms with Gasteiger partial charge in [-0.25, -0.2) is 0 Å². The van der Waals surface area contributed by atoms with Gasteiger partial charge in [0.1, 0.15) is 5.54 Å². The van der Waals surface area contributed by atoms with Crippen LogP contribution in [0, 0.1) is 0 Å². The molecule has 0 spiro atoms. The predicted octanol–water partition coefficient (Wildman–Crippen LogP) is 1.48. The second-order valence-electron chi connectivity index (χ2n) is 4.81. The van der Waals surface area contributed by atoms with Gasteiger partial charge >= 0.3 is 5.97 Å². The van der Waals surface area contributed by atoms with Crippen LogP contribution >= 0.6 is 11.8 Å². The number of hydrogen-bond donors (Lipinski definition) is 3. The van der Waals surface area contributed by atoms with Crippen LogP contribution in [-0.2, 0) is 4.79 Å². The van der Waals surface area contributed by atoms with Crippen molar-refractivity contribution in [2.24, 2.45) is 0 Å². The van der Waals surface area contributed by atoms with Crippen molar-refractivity contribution in [2.75, 3.05) is 13.2 Å². The van der Waals surface area contributed by atoms with Crippen molar-refractivity contribution >= 4 is 17.7 Å². The highest BCUT2D eigenvalue weighted by Gasteiger charge is 2.45. The van der Waals surface area contributed by atoms with E-state index in [2.05, 4.69) is 5.32 Å². The number of nitrogens with one attached hydrogen (secondary N) is 1. The Kier molecular flexibility index (Phi) is 5.76. The maximum atomic E-state index is 11.4. The first-order chi connectivity index (χ1) is 8.04. The molecule has 5 heteroatoms. The molecule has 4 nitrogen and oxygen atoms in total. The highest BCUT2D eigenvalue weighted by molar-refractivity contribution is 8.00. The molecular weight excluding hydrogens is 238 g/mol. The molecule has 0 aromatic rings. The summed E-state index contributed by atoms with van der Waals surface area (Å²) in [6.07, 6.45) is 3.22. The normalized spacial score (nSPS) is 30.4. The molecule has 3 unspecified atom stereocenters. The van der Waals surface area contributed by atoms with Crippen LogP contribution in [0.15, 0.2) is 0 Å². The number of hydrogen-bond acceptors (Lipinski definition) is 4. The van der Waals surface area contributed by atoms with Gasteiger partial charge in [0.25, 0.3) is 0 Å². The lowest BCUT2D eigenvalue weighted by Crippen LogP contribution is -2.50. The summed E-state index contributed by atoms with van der Waals surface area (Å²) in [5, 5.41) is 22.1. The molecule has 0 aliphatic heterocycles. The minimum absolute atomic E-state index is 0.156. The number of aliphatic hydroxyl groups is 1. The Morgan fingerprint density at radius 2 is 2.35 bits per heavy atom. The van der Waals surface area contributed by atoms with E-state index in [1.807, 2.05) is 13.8 Å². The van der Waals surface area contributed by atoms with Gasteiger partial charge in [0.05, 0.1) is 6.61 Å². The molecule has 3 atom stereocenters. The molecule has 100 valence electrons. The number of aliphatic hydroxyl groups excluding tert-OH is 1. The van der Waals surface area contributed by atoms with Crippen LogP contribution in [0.25, 0.3) is 0 Å². The summed E-state index contributed by atoms with van der Waals surface area (Å²) >= 11 is 1.71. The molecule has 0 aromatic heterocycles. The van der Waals surface area contributed by atoms with Crippen molar-refractivity contribution in [3.63, 3.8) is 0 Å². The Morgan fingerprint density at radius 3 is 2.88 bits per heavy atom. The van der Waals surface area contributed by atoms with Gasteiger partial charge in [-0.3, -0.25) is 4.79 Å². The zero-order valence-electron chi connectivity index (χ0n) is 10.6. The average molecular weight is 261 g/mol. The van der Waals surface area contributed by atoms with E-state index in [-0.39, 0.29) is 11.9 Å². The molecule has 1 saturated carbocycles. The lowest BCUT2D eigenvalue weighted by Gasteiger charge is -2.26. The number of carbonyl (C=O) groups is 1. The van der Waals surface area contributed by atoms with Crippen LogP contribution in [0.2, 0.25) is 0 Å². The maximum Gasteiger partial charge on any atom is 0.323 e. The average Bonchev–Trinajstić information content (AvgIpc) is 2.71. The molecule has 3 N–H and O–H groups in total. The molecule has 0 aromatic carbocycles. The Labute approximate surface area is 107 Å². The van der Waals surface area contributed by atoms with Crippen LogP contribution in [-0.4, -0.2) is 45.4 Å². The second-order valence-corrected chi connectivity index (χ2v) is 6.55. The summed E-state index contributed by atoms with van der Waals surface area (Å²) in [6.45, 7) is 4.92. The summed E-state index contributed by atoms with van der Waals surface area (Å²) < 4.78 is 0. The lowest BCUT2D eigenvalue weighted by atomic mass is 9.98. The Hall–Kier alpha value is -0.260. The minimum atomic E-state index is -0.733. The highest BCUT2D eigenvalue weighted by Crippen LogP contribution is 2.38. The van der Waals surface area contributed by atoms with Crippen LogP contribution < -0.4 is 5.32 Å². The first kappa shape index (κ1) is 14.8. The summed E-state index contributed by atoms with van der Waals surface area (Å²) in [6, 6.07) is 0. The zero-order valence-corrected chi connectivity index (χ0v) is 11.4. The van der Waals surface area contributed by atoms with Gasteiger partial charge in [-0.1, -0.05) is 13.8 Å². The summed E-state index contributed by atoms with van der Waals surface area (Å²) in [5.41, 5.74) is -0.733. The van der Waals surface area contributed by atoms with E-state index < -0.39 is 11.5 Å². The first-order valence-corrected chi connectivity index (χ1v) is 7.23. The second kappa shape index (κ2) is 6.61. The van der Waals surface area contributed by atoms with Crippen LogP contribution in [0.1, 0.15) is 39.5 Å². The van der Waals surface area contributed by atoms with Crippen LogP contribution in [0.4, 0.5) is 0 Å². The SMILES string of the molecule is CCCNC1(C(=O)O)CCC(SC(C)CO)C1. The Bertz CT molecular complexity index is 262. The fraction of sp³-hybridized carbons (Fsp3) is 0.917. The van der Waals surface area contributed by atoms with E-state index in [1.165, 1.54) is 0 Å². The summed E-state index contributed by atoms with van der Waals surface area (Å²) in [7, 11) is 0. The van der Waals surface area contributed by atoms with Crippen molar-refractivity contribution < 1.29 is 15.0 Å². The smallest absolute Gasteiger partial charge is 0.323 e. The molecule has 17 heavy (non-hydrogen) atoms. The van der Waals surface area contributed by atoms with E-state index in [9.17, 15) is 9.90 Å². The van der Waals surface area contributed by atoms with Crippen LogP contribution in [0.5, 0.6) is 0 Å². The van der Waals surface area contributed by atoms with Crippen molar-refractivity contribution in [1.82, 2.24) is 5.32 Å². The summed E-state index contributed by atoms with van der Waals surface area (Å²) in [4.78, 5) is 11.4. The minimum Gasteiger partial charge on any atom is -0.480 e. The van der Waals surface area contributed by atoms with E-state index in [1.54, 1.807) is 11.8 Å².